The highest BCUT2D eigenvalue weighted by molar-refractivity contribution is 9.10. The van der Waals surface area contributed by atoms with Crippen LogP contribution in [0.5, 0.6) is 0 Å². The number of nitrogens with one attached hydrogen (secondary N) is 2. The molecule has 0 aliphatic rings. The van der Waals surface area contributed by atoms with Gasteiger partial charge in [-0.25, -0.2) is 4.39 Å². The van der Waals surface area contributed by atoms with E-state index >= 15 is 0 Å². The monoisotopic (exact) mass is 418 g/mol. The molecule has 0 aliphatic heterocycles. The normalized spacial score (nSPS) is 10.5. The van der Waals surface area contributed by atoms with Crippen molar-refractivity contribution in [2.75, 3.05) is 5.32 Å². The number of hydrogen-bond acceptors (Lipinski definition) is 2. The number of nitrogens with zero attached hydrogens (tertiary/aromatic N) is 2. The first-order chi connectivity index (χ1) is 12.1. The molecular weight excluding hydrogens is 403 g/mol. The standard InChI is InChI=1S/C18H16BrFN4S/c19-15-5-1-14(2-6-15)12-24-10-9-17(23-24)22-18(25)21-11-13-3-7-16(20)8-4-13/h1-10H,11-12H2,(H2,21,22,23,25). The molecule has 0 radical (unpaired) electrons. The zero-order chi connectivity index (χ0) is 17.6. The fraction of sp³-hybridized carbons (Fsp3) is 0.111. The molecule has 0 amide bonds. The number of hydrogen-bond donors (Lipinski definition) is 2. The number of anilines is 1. The van der Waals surface area contributed by atoms with E-state index in [2.05, 4.69) is 31.7 Å². The first kappa shape index (κ1) is 17.6. The summed E-state index contributed by atoms with van der Waals surface area (Å²) in [7, 11) is 0. The van der Waals surface area contributed by atoms with Crippen LogP contribution in [0.25, 0.3) is 0 Å². The minimum absolute atomic E-state index is 0.249. The lowest BCUT2D eigenvalue weighted by atomic mass is 10.2. The van der Waals surface area contributed by atoms with Gasteiger partial charge in [0.15, 0.2) is 10.9 Å². The molecule has 2 aromatic carbocycles. The summed E-state index contributed by atoms with van der Waals surface area (Å²) in [5.41, 5.74) is 2.11. The van der Waals surface area contributed by atoms with Crippen LogP contribution < -0.4 is 10.6 Å². The minimum Gasteiger partial charge on any atom is -0.358 e. The third kappa shape index (κ3) is 5.37. The van der Waals surface area contributed by atoms with Crippen molar-refractivity contribution in [1.82, 2.24) is 15.1 Å². The average Bonchev–Trinajstić information content (AvgIpc) is 3.03. The van der Waals surface area contributed by atoms with Gasteiger partial charge in [0.2, 0.25) is 0 Å². The highest BCUT2D eigenvalue weighted by Crippen LogP contribution is 2.12. The second kappa shape index (κ2) is 8.22. The van der Waals surface area contributed by atoms with Gasteiger partial charge in [0.25, 0.3) is 0 Å². The van der Waals surface area contributed by atoms with Crippen molar-refractivity contribution in [3.63, 3.8) is 0 Å². The van der Waals surface area contributed by atoms with E-state index in [0.29, 0.717) is 24.0 Å². The third-order valence-corrected chi connectivity index (χ3v) is 4.28. The molecule has 3 aromatic rings. The van der Waals surface area contributed by atoms with E-state index in [-0.39, 0.29) is 5.82 Å². The van der Waals surface area contributed by atoms with Gasteiger partial charge < -0.3 is 10.6 Å². The van der Waals surface area contributed by atoms with Crippen LogP contribution >= 0.6 is 28.1 Å². The van der Waals surface area contributed by atoms with Gasteiger partial charge in [0, 0.05) is 23.3 Å². The third-order valence-electron chi connectivity index (χ3n) is 3.51. The Morgan fingerprint density at radius 2 is 1.72 bits per heavy atom. The summed E-state index contributed by atoms with van der Waals surface area (Å²) in [5.74, 6) is 0.425. The zero-order valence-corrected chi connectivity index (χ0v) is 15.6. The summed E-state index contributed by atoms with van der Waals surface area (Å²) in [4.78, 5) is 0. The molecule has 0 aliphatic carbocycles. The summed E-state index contributed by atoms with van der Waals surface area (Å²) in [6.07, 6.45) is 1.90. The minimum atomic E-state index is -0.249. The first-order valence-corrected chi connectivity index (χ1v) is 8.86. The van der Waals surface area contributed by atoms with Crippen LogP contribution in [0.1, 0.15) is 11.1 Å². The second-order valence-electron chi connectivity index (χ2n) is 5.46. The highest BCUT2D eigenvalue weighted by atomic mass is 79.9. The van der Waals surface area contributed by atoms with Gasteiger partial charge in [-0.2, -0.15) is 5.10 Å². The molecule has 1 heterocycles. The summed E-state index contributed by atoms with van der Waals surface area (Å²) in [6, 6.07) is 16.3. The summed E-state index contributed by atoms with van der Waals surface area (Å²) < 4.78 is 15.8. The maximum atomic E-state index is 12.9. The highest BCUT2D eigenvalue weighted by Gasteiger charge is 2.03. The van der Waals surface area contributed by atoms with E-state index < -0.39 is 0 Å². The number of rotatable bonds is 5. The molecule has 0 fully saturated rings. The van der Waals surface area contributed by atoms with Gasteiger partial charge >= 0.3 is 0 Å². The van der Waals surface area contributed by atoms with E-state index in [1.54, 1.807) is 12.1 Å². The molecule has 0 saturated heterocycles. The van der Waals surface area contributed by atoms with Crippen LogP contribution in [0, 0.1) is 5.82 Å². The van der Waals surface area contributed by atoms with Crippen molar-refractivity contribution in [3.05, 3.63) is 82.2 Å². The Morgan fingerprint density at radius 1 is 1.04 bits per heavy atom. The Labute approximate surface area is 159 Å². The fourth-order valence-corrected chi connectivity index (χ4v) is 2.68. The summed E-state index contributed by atoms with van der Waals surface area (Å²) >= 11 is 8.69. The molecule has 25 heavy (non-hydrogen) atoms. The Bertz CT molecular complexity index is 846. The predicted octanol–water partition coefficient (Wildman–Crippen LogP) is 4.32. The van der Waals surface area contributed by atoms with Crippen molar-refractivity contribution in [2.45, 2.75) is 13.1 Å². The summed E-state index contributed by atoms with van der Waals surface area (Å²) in [6.45, 7) is 1.20. The van der Waals surface area contributed by atoms with Gasteiger partial charge in [-0.3, -0.25) is 4.68 Å². The van der Waals surface area contributed by atoms with Gasteiger partial charge in [0.1, 0.15) is 5.82 Å². The number of aromatic nitrogens is 2. The maximum Gasteiger partial charge on any atom is 0.172 e. The van der Waals surface area contributed by atoms with Crippen LogP contribution in [-0.2, 0) is 13.1 Å². The zero-order valence-electron chi connectivity index (χ0n) is 13.2. The predicted molar refractivity (Wildman–Crippen MR) is 105 cm³/mol. The lowest BCUT2D eigenvalue weighted by Crippen LogP contribution is -2.28. The molecule has 2 N–H and O–H groups in total. The first-order valence-electron chi connectivity index (χ1n) is 7.66. The average molecular weight is 419 g/mol. The quantitative estimate of drug-likeness (QED) is 0.605. The Balaban J connectivity index is 1.51. The number of benzene rings is 2. The van der Waals surface area contributed by atoms with Crippen molar-refractivity contribution in [2.24, 2.45) is 0 Å². The maximum absolute atomic E-state index is 12.9. The van der Waals surface area contributed by atoms with Crippen molar-refractivity contribution in [3.8, 4) is 0 Å². The Hall–Kier alpha value is -2.25. The van der Waals surface area contributed by atoms with Gasteiger partial charge in [-0.05, 0) is 47.6 Å². The second-order valence-corrected chi connectivity index (χ2v) is 6.78. The van der Waals surface area contributed by atoms with E-state index in [0.717, 1.165) is 15.6 Å². The van der Waals surface area contributed by atoms with Gasteiger partial charge in [-0.15, -0.1) is 0 Å². The van der Waals surface area contributed by atoms with Crippen molar-refractivity contribution in [1.29, 1.82) is 0 Å². The smallest absolute Gasteiger partial charge is 0.172 e. The number of thiocarbonyl (C=S) groups is 1. The van der Waals surface area contributed by atoms with E-state index in [1.807, 2.05) is 41.2 Å². The lowest BCUT2D eigenvalue weighted by molar-refractivity contribution is 0.627. The molecule has 0 saturated carbocycles. The summed E-state index contributed by atoms with van der Waals surface area (Å²) in [5, 5.41) is 11.0. The molecule has 1 aromatic heterocycles. The van der Waals surface area contributed by atoms with Crippen molar-refractivity contribution < 1.29 is 4.39 Å². The lowest BCUT2D eigenvalue weighted by Gasteiger charge is -2.08. The molecule has 3 rings (SSSR count). The van der Waals surface area contributed by atoms with Crippen LogP contribution in [0.3, 0.4) is 0 Å². The van der Waals surface area contributed by atoms with Crippen LogP contribution in [0.4, 0.5) is 10.2 Å². The molecule has 7 heteroatoms. The SMILES string of the molecule is Fc1ccc(CNC(=S)Nc2ccn(Cc3ccc(Br)cc3)n2)cc1. The molecule has 0 atom stereocenters. The largest absolute Gasteiger partial charge is 0.358 e. The van der Waals surface area contributed by atoms with Crippen LogP contribution in [0.15, 0.2) is 65.3 Å². The molecule has 0 bridgehead atoms. The topological polar surface area (TPSA) is 41.9 Å². The van der Waals surface area contributed by atoms with Crippen LogP contribution in [0.2, 0.25) is 0 Å². The Kier molecular flexibility index (Phi) is 5.78. The molecule has 4 nitrogen and oxygen atoms in total. The van der Waals surface area contributed by atoms with E-state index in [4.69, 9.17) is 12.2 Å². The van der Waals surface area contributed by atoms with Gasteiger partial charge in [0.05, 0.1) is 6.54 Å². The fourth-order valence-electron chi connectivity index (χ4n) is 2.24. The van der Waals surface area contributed by atoms with Crippen molar-refractivity contribution >= 4 is 39.1 Å². The van der Waals surface area contributed by atoms with Gasteiger partial charge in [-0.1, -0.05) is 40.2 Å². The number of halogens is 2. The molecule has 128 valence electrons. The van der Waals surface area contributed by atoms with E-state index in [1.165, 1.54) is 12.1 Å². The molecule has 0 unspecified atom stereocenters. The molecule has 0 spiro atoms. The Morgan fingerprint density at radius 3 is 2.44 bits per heavy atom. The van der Waals surface area contributed by atoms with E-state index in [9.17, 15) is 4.39 Å². The molecular formula is C18H16BrFN4S. The van der Waals surface area contributed by atoms with Crippen LogP contribution in [-0.4, -0.2) is 14.9 Å².